The van der Waals surface area contributed by atoms with Gasteiger partial charge in [-0.2, -0.15) is 0 Å². The summed E-state index contributed by atoms with van der Waals surface area (Å²) in [4.78, 5) is 30.8. The molecule has 2 aromatic rings. The van der Waals surface area contributed by atoms with E-state index in [9.17, 15) is 9.59 Å². The van der Waals surface area contributed by atoms with Gasteiger partial charge in [0.25, 0.3) is 0 Å². The zero-order chi connectivity index (χ0) is 22.6. The van der Waals surface area contributed by atoms with Crippen LogP contribution in [0.2, 0.25) is 0 Å². The van der Waals surface area contributed by atoms with Crippen molar-refractivity contribution in [3.63, 3.8) is 0 Å². The number of aliphatic imine (C=N–C) groups is 1. The highest BCUT2D eigenvalue weighted by Gasteiger charge is 2.40. The van der Waals surface area contributed by atoms with Gasteiger partial charge in [0.15, 0.2) is 5.12 Å². The van der Waals surface area contributed by atoms with E-state index in [4.69, 9.17) is 4.99 Å². The summed E-state index contributed by atoms with van der Waals surface area (Å²) < 4.78 is 0. The van der Waals surface area contributed by atoms with Gasteiger partial charge < -0.3 is 4.90 Å². The molecular weight excluding hydrogens is 416 g/mol. The molecule has 1 amide bonds. The zero-order valence-corrected chi connectivity index (χ0v) is 19.7. The van der Waals surface area contributed by atoms with E-state index >= 15 is 0 Å². The molecule has 2 aromatic carbocycles. The first kappa shape index (κ1) is 22.5. The molecule has 1 fully saturated rings. The molecule has 2 aliphatic rings. The van der Waals surface area contributed by atoms with Crippen LogP contribution in [-0.4, -0.2) is 35.1 Å². The van der Waals surface area contributed by atoms with Gasteiger partial charge in [0.1, 0.15) is 5.04 Å². The SMILES string of the molecule is CC1=C(N=C(CN(C)C=O)SC(=O)Cc2ccccc2)c2ccccc2CC12CCCC2. The number of benzene rings is 2. The minimum atomic E-state index is 0.0344. The van der Waals surface area contributed by atoms with Gasteiger partial charge >= 0.3 is 0 Å². The highest BCUT2D eigenvalue weighted by molar-refractivity contribution is 8.26. The van der Waals surface area contributed by atoms with Crippen LogP contribution in [-0.2, 0) is 22.4 Å². The van der Waals surface area contributed by atoms with E-state index in [2.05, 4.69) is 31.2 Å². The Labute approximate surface area is 194 Å². The molecule has 1 saturated carbocycles. The molecule has 0 radical (unpaired) electrons. The number of thioether (sulfide) groups is 1. The van der Waals surface area contributed by atoms with Gasteiger partial charge in [0.2, 0.25) is 6.41 Å². The Bertz CT molecular complexity index is 1050. The molecule has 32 heavy (non-hydrogen) atoms. The Morgan fingerprint density at radius 2 is 1.78 bits per heavy atom. The average Bonchev–Trinajstić information content (AvgIpc) is 3.26. The van der Waals surface area contributed by atoms with Crippen molar-refractivity contribution in [2.75, 3.05) is 13.6 Å². The monoisotopic (exact) mass is 446 g/mol. The van der Waals surface area contributed by atoms with E-state index < -0.39 is 0 Å². The van der Waals surface area contributed by atoms with Gasteiger partial charge in [0, 0.05) is 19.0 Å². The van der Waals surface area contributed by atoms with Crippen LogP contribution in [0.4, 0.5) is 0 Å². The van der Waals surface area contributed by atoms with Crippen LogP contribution in [0.5, 0.6) is 0 Å². The van der Waals surface area contributed by atoms with Gasteiger partial charge in [-0.15, -0.1) is 0 Å². The number of amides is 1. The summed E-state index contributed by atoms with van der Waals surface area (Å²) >= 11 is 1.16. The minimum Gasteiger partial charge on any atom is -0.342 e. The van der Waals surface area contributed by atoms with Crippen LogP contribution in [0.3, 0.4) is 0 Å². The Morgan fingerprint density at radius 3 is 2.50 bits per heavy atom. The smallest absolute Gasteiger partial charge is 0.209 e. The second-order valence-electron chi connectivity index (χ2n) is 8.96. The number of hydrogen-bond donors (Lipinski definition) is 0. The summed E-state index contributed by atoms with van der Waals surface area (Å²) in [6.07, 6.45) is 7.08. The third-order valence-electron chi connectivity index (χ3n) is 6.74. The molecule has 166 valence electrons. The molecule has 0 saturated heterocycles. The zero-order valence-electron chi connectivity index (χ0n) is 18.8. The summed E-state index contributed by atoms with van der Waals surface area (Å²) in [5, 5.41) is 0.701. The number of rotatable bonds is 6. The molecule has 1 spiro atoms. The van der Waals surface area contributed by atoms with E-state index in [1.807, 2.05) is 30.3 Å². The van der Waals surface area contributed by atoms with E-state index in [0.29, 0.717) is 18.0 Å². The second kappa shape index (κ2) is 9.86. The topological polar surface area (TPSA) is 49.7 Å². The number of carbonyl (C=O) groups excluding carboxylic acids is 2. The van der Waals surface area contributed by atoms with Crippen LogP contribution in [0.25, 0.3) is 5.70 Å². The first-order chi connectivity index (χ1) is 15.5. The maximum absolute atomic E-state index is 12.9. The fourth-order valence-corrected chi connectivity index (χ4v) is 5.91. The van der Waals surface area contributed by atoms with Crippen molar-refractivity contribution in [1.82, 2.24) is 4.90 Å². The Kier molecular flexibility index (Phi) is 6.95. The van der Waals surface area contributed by atoms with Gasteiger partial charge in [-0.25, -0.2) is 4.99 Å². The fraction of sp³-hybridized carbons (Fsp3) is 0.370. The lowest BCUT2D eigenvalue weighted by Crippen LogP contribution is -2.27. The molecule has 0 aromatic heterocycles. The molecule has 0 bridgehead atoms. The number of allylic oxidation sites excluding steroid dienone is 1. The molecule has 0 aliphatic heterocycles. The first-order valence-electron chi connectivity index (χ1n) is 11.3. The van der Waals surface area contributed by atoms with Crippen LogP contribution in [0.15, 0.2) is 65.2 Å². The number of nitrogens with zero attached hydrogens (tertiary/aromatic N) is 2. The molecular formula is C27H30N2O2S. The van der Waals surface area contributed by atoms with Crippen molar-refractivity contribution in [3.8, 4) is 0 Å². The van der Waals surface area contributed by atoms with Crippen molar-refractivity contribution >= 4 is 34.0 Å². The van der Waals surface area contributed by atoms with Gasteiger partial charge in [-0.05, 0) is 60.1 Å². The molecule has 0 atom stereocenters. The molecule has 0 N–H and O–H groups in total. The van der Waals surface area contributed by atoms with Crippen molar-refractivity contribution in [2.24, 2.45) is 10.4 Å². The second-order valence-corrected chi connectivity index (χ2v) is 10.1. The third-order valence-corrected chi connectivity index (χ3v) is 7.56. The molecule has 5 heteroatoms. The van der Waals surface area contributed by atoms with Gasteiger partial charge in [0.05, 0.1) is 12.2 Å². The van der Waals surface area contributed by atoms with Crippen molar-refractivity contribution in [2.45, 2.75) is 45.4 Å². The molecule has 4 nitrogen and oxygen atoms in total. The van der Waals surface area contributed by atoms with Crippen molar-refractivity contribution in [3.05, 3.63) is 76.9 Å². The molecule has 0 unspecified atom stereocenters. The number of fused-ring (bicyclic) bond motifs is 1. The Hall–Kier alpha value is -2.66. The summed E-state index contributed by atoms with van der Waals surface area (Å²) in [7, 11) is 1.72. The molecule has 0 heterocycles. The lowest BCUT2D eigenvalue weighted by Gasteiger charge is -2.37. The maximum atomic E-state index is 12.9. The predicted molar refractivity (Wildman–Crippen MR) is 133 cm³/mol. The van der Waals surface area contributed by atoms with Crippen molar-refractivity contribution < 1.29 is 9.59 Å². The minimum absolute atomic E-state index is 0.0344. The van der Waals surface area contributed by atoms with E-state index in [-0.39, 0.29) is 10.5 Å². The largest absolute Gasteiger partial charge is 0.342 e. The first-order valence-corrected chi connectivity index (χ1v) is 12.1. The van der Waals surface area contributed by atoms with Gasteiger partial charge in [-0.3, -0.25) is 9.59 Å². The van der Waals surface area contributed by atoms with E-state index in [1.54, 1.807) is 7.05 Å². The number of hydrogen-bond acceptors (Lipinski definition) is 4. The van der Waals surface area contributed by atoms with Crippen LogP contribution < -0.4 is 0 Å². The highest BCUT2D eigenvalue weighted by Crippen LogP contribution is 2.52. The summed E-state index contributed by atoms with van der Waals surface area (Å²) in [6.45, 7) is 2.54. The lowest BCUT2D eigenvalue weighted by molar-refractivity contribution is -0.116. The van der Waals surface area contributed by atoms with Crippen molar-refractivity contribution in [1.29, 1.82) is 0 Å². The third kappa shape index (κ3) is 4.88. The van der Waals surface area contributed by atoms with Crippen LogP contribution >= 0.6 is 11.8 Å². The Balaban J connectivity index is 1.70. The lowest BCUT2D eigenvalue weighted by atomic mass is 9.69. The average molecular weight is 447 g/mol. The molecule has 4 rings (SSSR count). The fourth-order valence-electron chi connectivity index (χ4n) is 5.00. The highest BCUT2D eigenvalue weighted by atomic mass is 32.2. The van der Waals surface area contributed by atoms with E-state index in [1.165, 1.54) is 41.7 Å². The quantitative estimate of drug-likeness (QED) is 0.333. The number of carbonyl (C=O) groups is 2. The van der Waals surface area contributed by atoms with E-state index in [0.717, 1.165) is 41.4 Å². The summed E-state index contributed by atoms with van der Waals surface area (Å²) in [5.74, 6) is 0. The predicted octanol–water partition coefficient (Wildman–Crippen LogP) is 5.52. The normalized spacial score (nSPS) is 17.4. The maximum Gasteiger partial charge on any atom is 0.209 e. The van der Waals surface area contributed by atoms with Crippen LogP contribution in [0.1, 0.15) is 49.3 Å². The summed E-state index contributed by atoms with van der Waals surface area (Å²) in [6, 6.07) is 18.2. The standard InChI is InChI=1S/C27H30N2O2S/c1-20-26(23-13-7-6-12-22(23)17-27(20)14-8-9-15-27)28-24(18-29(2)19-30)32-25(31)16-21-10-4-3-5-11-21/h3-7,10-13,19H,8-9,14-18H2,1-2H3. The van der Waals surface area contributed by atoms with Gasteiger partial charge in [-0.1, -0.05) is 67.4 Å². The molecule has 2 aliphatic carbocycles. The summed E-state index contributed by atoms with van der Waals surface area (Å²) in [5.41, 5.74) is 5.97. The van der Waals surface area contributed by atoms with Crippen LogP contribution in [0, 0.1) is 5.41 Å². The Morgan fingerprint density at radius 1 is 1.09 bits per heavy atom.